The molecule has 0 saturated carbocycles. The predicted octanol–water partition coefficient (Wildman–Crippen LogP) is 3.62. The van der Waals surface area contributed by atoms with Crippen LogP contribution in [-0.2, 0) is 6.42 Å². The first-order valence-electron chi connectivity index (χ1n) is 7.38. The highest BCUT2D eigenvalue weighted by molar-refractivity contribution is 6.05. The molecular weight excluding hydrogens is 294 g/mol. The summed E-state index contributed by atoms with van der Waals surface area (Å²) in [5.41, 5.74) is 1.69. The number of nitro benzene ring substituents is 1. The minimum absolute atomic E-state index is 0.0142. The van der Waals surface area contributed by atoms with Crippen molar-refractivity contribution in [2.45, 2.75) is 26.2 Å². The molecule has 0 unspecified atom stereocenters. The summed E-state index contributed by atoms with van der Waals surface area (Å²) < 4.78 is 0. The second-order valence-corrected chi connectivity index (χ2v) is 5.05. The summed E-state index contributed by atoms with van der Waals surface area (Å²) >= 11 is 0. The predicted molar refractivity (Wildman–Crippen MR) is 87.1 cm³/mol. The number of unbranched alkanes of at least 4 members (excludes halogenated alkanes) is 1. The molecule has 0 atom stereocenters. The second kappa shape index (κ2) is 7.93. The van der Waals surface area contributed by atoms with Crippen molar-refractivity contribution in [1.82, 2.24) is 9.97 Å². The quantitative estimate of drug-likeness (QED) is 0.337. The Hall–Kier alpha value is -2.89. The van der Waals surface area contributed by atoms with Gasteiger partial charge in [-0.05, 0) is 24.5 Å². The van der Waals surface area contributed by atoms with Gasteiger partial charge in [0.15, 0.2) is 0 Å². The number of benzene rings is 1. The van der Waals surface area contributed by atoms with E-state index in [0.717, 1.165) is 25.0 Å². The van der Waals surface area contributed by atoms with Crippen molar-refractivity contribution >= 4 is 17.5 Å². The van der Waals surface area contributed by atoms with Gasteiger partial charge in [-0.3, -0.25) is 19.9 Å². The first-order chi connectivity index (χ1) is 11.1. The van der Waals surface area contributed by atoms with E-state index < -0.39 is 4.92 Å². The minimum Gasteiger partial charge on any atom is -0.287 e. The van der Waals surface area contributed by atoms with Crippen LogP contribution in [0.3, 0.4) is 0 Å². The van der Waals surface area contributed by atoms with Gasteiger partial charge in [0.05, 0.1) is 16.8 Å². The largest absolute Gasteiger partial charge is 0.287 e. The third kappa shape index (κ3) is 4.81. The maximum absolute atomic E-state index is 12.0. The van der Waals surface area contributed by atoms with Crippen molar-refractivity contribution in [3.8, 4) is 0 Å². The molecule has 118 valence electrons. The van der Waals surface area contributed by atoms with Gasteiger partial charge in [-0.25, -0.2) is 4.98 Å². The van der Waals surface area contributed by atoms with Crippen LogP contribution in [0.2, 0.25) is 0 Å². The summed E-state index contributed by atoms with van der Waals surface area (Å²) in [5.74, 6) is -0.286. The van der Waals surface area contributed by atoms with E-state index in [1.165, 1.54) is 30.5 Å². The number of hydrogen-bond acceptors (Lipinski definition) is 5. The van der Waals surface area contributed by atoms with Crippen LogP contribution >= 0.6 is 0 Å². The SMILES string of the molecule is CCCCc1cnc(C(=O)/C=C/c2cccc([N+](=O)[O-])c2)cn1. The molecule has 23 heavy (non-hydrogen) atoms. The second-order valence-electron chi connectivity index (χ2n) is 5.05. The molecular formula is C17H17N3O3. The summed E-state index contributed by atoms with van der Waals surface area (Å²) in [5, 5.41) is 10.7. The lowest BCUT2D eigenvalue weighted by atomic mass is 10.1. The van der Waals surface area contributed by atoms with Crippen LogP contribution in [0.25, 0.3) is 6.08 Å². The monoisotopic (exact) mass is 311 g/mol. The van der Waals surface area contributed by atoms with Gasteiger partial charge in [0.25, 0.3) is 5.69 Å². The zero-order valence-corrected chi connectivity index (χ0v) is 12.8. The number of aromatic nitrogens is 2. The molecule has 1 aromatic heterocycles. The molecule has 6 heteroatoms. The molecule has 2 aromatic rings. The average molecular weight is 311 g/mol. The molecule has 0 bridgehead atoms. The van der Waals surface area contributed by atoms with Gasteiger partial charge in [0.2, 0.25) is 5.78 Å². The maximum atomic E-state index is 12.0. The molecule has 0 aliphatic heterocycles. The van der Waals surface area contributed by atoms with E-state index in [1.807, 2.05) is 0 Å². The van der Waals surface area contributed by atoms with Crippen molar-refractivity contribution in [1.29, 1.82) is 0 Å². The summed E-state index contributed by atoms with van der Waals surface area (Å²) in [7, 11) is 0. The molecule has 0 amide bonds. The average Bonchev–Trinajstić information content (AvgIpc) is 2.58. The van der Waals surface area contributed by atoms with Crippen LogP contribution in [0.4, 0.5) is 5.69 Å². The Morgan fingerprint density at radius 3 is 2.78 bits per heavy atom. The molecule has 0 N–H and O–H groups in total. The molecule has 0 saturated heterocycles. The topological polar surface area (TPSA) is 86.0 Å². The summed E-state index contributed by atoms with van der Waals surface area (Å²) in [6.45, 7) is 2.10. The van der Waals surface area contributed by atoms with E-state index in [9.17, 15) is 14.9 Å². The first kappa shape index (κ1) is 16.5. The number of rotatable bonds is 7. The van der Waals surface area contributed by atoms with Gasteiger partial charge in [-0.1, -0.05) is 31.6 Å². The third-order valence-corrected chi connectivity index (χ3v) is 3.25. The molecule has 6 nitrogen and oxygen atoms in total. The van der Waals surface area contributed by atoms with Crippen molar-refractivity contribution in [3.63, 3.8) is 0 Å². The highest BCUT2D eigenvalue weighted by Gasteiger charge is 2.06. The minimum atomic E-state index is -0.473. The van der Waals surface area contributed by atoms with E-state index in [-0.39, 0.29) is 17.2 Å². The van der Waals surface area contributed by atoms with Gasteiger partial charge in [0, 0.05) is 18.3 Å². The van der Waals surface area contributed by atoms with Gasteiger partial charge in [0.1, 0.15) is 5.69 Å². The maximum Gasteiger partial charge on any atom is 0.270 e. The number of carbonyl (C=O) groups is 1. The smallest absolute Gasteiger partial charge is 0.270 e. The molecule has 0 aliphatic carbocycles. The molecule has 0 radical (unpaired) electrons. The Balaban J connectivity index is 2.06. The highest BCUT2D eigenvalue weighted by atomic mass is 16.6. The van der Waals surface area contributed by atoms with E-state index >= 15 is 0 Å². The summed E-state index contributed by atoms with van der Waals surface area (Å²) in [6.07, 6.45) is 8.91. The van der Waals surface area contributed by atoms with E-state index in [2.05, 4.69) is 16.9 Å². The van der Waals surface area contributed by atoms with Crippen LogP contribution in [0.15, 0.2) is 42.7 Å². The molecule has 0 spiro atoms. The fourth-order valence-corrected chi connectivity index (χ4v) is 1.97. The number of nitro groups is 1. The summed E-state index contributed by atoms with van der Waals surface area (Å²) in [6, 6.07) is 6.07. The number of allylic oxidation sites excluding steroid dienone is 1. The number of ketones is 1. The standard InChI is InChI=1S/C17H17N3O3/c1-2-3-6-14-11-19-16(12-18-14)17(21)9-8-13-5-4-7-15(10-13)20(22)23/h4-5,7-12H,2-3,6H2,1H3/b9-8+. The first-order valence-corrected chi connectivity index (χ1v) is 7.38. The Morgan fingerprint density at radius 2 is 2.13 bits per heavy atom. The van der Waals surface area contributed by atoms with Gasteiger partial charge < -0.3 is 0 Å². The lowest BCUT2D eigenvalue weighted by molar-refractivity contribution is -0.384. The molecule has 1 heterocycles. The third-order valence-electron chi connectivity index (χ3n) is 3.25. The number of aryl methyl sites for hydroxylation is 1. The van der Waals surface area contributed by atoms with Crippen LogP contribution in [0.1, 0.15) is 41.5 Å². The Morgan fingerprint density at radius 1 is 1.30 bits per heavy atom. The van der Waals surface area contributed by atoms with Crippen LogP contribution in [0.5, 0.6) is 0 Å². The van der Waals surface area contributed by atoms with Gasteiger partial charge in [-0.2, -0.15) is 0 Å². The van der Waals surface area contributed by atoms with E-state index in [4.69, 9.17) is 0 Å². The van der Waals surface area contributed by atoms with Crippen LogP contribution in [0, 0.1) is 10.1 Å². The fraction of sp³-hybridized carbons (Fsp3) is 0.235. The van der Waals surface area contributed by atoms with E-state index in [0.29, 0.717) is 5.56 Å². The van der Waals surface area contributed by atoms with Crippen molar-refractivity contribution in [2.75, 3.05) is 0 Å². The molecule has 2 rings (SSSR count). The molecule has 1 aromatic carbocycles. The number of non-ortho nitro benzene ring substituents is 1. The number of hydrogen-bond donors (Lipinski definition) is 0. The lowest BCUT2D eigenvalue weighted by Gasteiger charge is -1.99. The van der Waals surface area contributed by atoms with Crippen molar-refractivity contribution in [2.24, 2.45) is 0 Å². The normalized spacial score (nSPS) is 10.8. The number of nitrogens with zero attached hydrogens (tertiary/aromatic N) is 3. The Bertz CT molecular complexity index is 724. The Kier molecular flexibility index (Phi) is 5.68. The van der Waals surface area contributed by atoms with Gasteiger partial charge in [-0.15, -0.1) is 0 Å². The van der Waals surface area contributed by atoms with Gasteiger partial charge >= 0.3 is 0 Å². The fourth-order valence-electron chi connectivity index (χ4n) is 1.97. The lowest BCUT2D eigenvalue weighted by Crippen LogP contribution is -2.01. The Labute approximate surface area is 134 Å². The van der Waals surface area contributed by atoms with Crippen molar-refractivity contribution < 1.29 is 9.72 Å². The zero-order chi connectivity index (χ0) is 16.7. The molecule has 0 fully saturated rings. The van der Waals surface area contributed by atoms with Crippen LogP contribution in [-0.4, -0.2) is 20.7 Å². The number of carbonyl (C=O) groups excluding carboxylic acids is 1. The summed E-state index contributed by atoms with van der Waals surface area (Å²) in [4.78, 5) is 30.6. The molecule has 0 aliphatic rings. The van der Waals surface area contributed by atoms with Crippen LogP contribution < -0.4 is 0 Å². The van der Waals surface area contributed by atoms with Crippen molar-refractivity contribution in [3.05, 3.63) is 69.8 Å². The van der Waals surface area contributed by atoms with E-state index in [1.54, 1.807) is 18.3 Å². The zero-order valence-electron chi connectivity index (χ0n) is 12.8. The highest BCUT2D eigenvalue weighted by Crippen LogP contribution is 2.14.